The molecule has 0 radical (unpaired) electrons. The molecule has 1 unspecified atom stereocenters. The number of nitrogens with two attached hydrogens (primary N) is 1. The van der Waals surface area contributed by atoms with Crippen LogP contribution in [0.15, 0.2) is 18.2 Å². The maximum Gasteiger partial charge on any atom is 0.106 e. The van der Waals surface area contributed by atoms with Gasteiger partial charge in [-0.2, -0.15) is 0 Å². The molecule has 0 saturated carbocycles. The van der Waals surface area contributed by atoms with Gasteiger partial charge < -0.3 is 20.5 Å². The summed E-state index contributed by atoms with van der Waals surface area (Å²) in [5, 5.41) is 9.99. The Kier molecular flexibility index (Phi) is 4.54. The molecule has 4 nitrogen and oxygen atoms in total. The van der Waals surface area contributed by atoms with Crippen molar-refractivity contribution in [2.75, 3.05) is 24.6 Å². The second-order valence-corrected chi connectivity index (χ2v) is 6.46. The highest BCUT2D eigenvalue weighted by molar-refractivity contribution is 7.80. The van der Waals surface area contributed by atoms with Crippen LogP contribution in [-0.2, 0) is 4.74 Å². The van der Waals surface area contributed by atoms with E-state index < -0.39 is 0 Å². The summed E-state index contributed by atoms with van der Waals surface area (Å²) in [6.07, 6.45) is -0.228. The first-order chi connectivity index (χ1) is 9.32. The van der Waals surface area contributed by atoms with Crippen molar-refractivity contribution in [1.82, 2.24) is 0 Å². The van der Waals surface area contributed by atoms with Crippen LogP contribution in [0.25, 0.3) is 0 Å². The molecule has 1 atom stereocenters. The summed E-state index contributed by atoms with van der Waals surface area (Å²) in [6.45, 7) is 5.27. The van der Waals surface area contributed by atoms with E-state index in [2.05, 4.69) is 4.90 Å². The van der Waals surface area contributed by atoms with Gasteiger partial charge in [0.2, 0.25) is 0 Å². The Hall–Kier alpha value is -0.880. The molecule has 110 valence electrons. The van der Waals surface area contributed by atoms with Crippen molar-refractivity contribution in [3.8, 4) is 0 Å². The lowest BCUT2D eigenvalue weighted by Gasteiger charge is -2.44. The van der Waals surface area contributed by atoms with Crippen LogP contribution in [0.2, 0.25) is 5.02 Å². The summed E-state index contributed by atoms with van der Waals surface area (Å²) >= 11 is 11.1. The second kappa shape index (κ2) is 5.85. The van der Waals surface area contributed by atoms with Crippen LogP contribution in [0, 0.1) is 0 Å². The number of nitrogens with zero attached hydrogens (tertiary/aromatic N) is 1. The van der Waals surface area contributed by atoms with Gasteiger partial charge in [-0.15, -0.1) is 0 Å². The molecule has 20 heavy (non-hydrogen) atoms. The average molecular weight is 315 g/mol. The number of aliphatic hydroxyl groups excluding tert-OH is 1. The van der Waals surface area contributed by atoms with Crippen molar-refractivity contribution in [2.45, 2.75) is 25.6 Å². The van der Waals surface area contributed by atoms with Gasteiger partial charge in [-0.05, 0) is 32.0 Å². The number of rotatable bonds is 3. The van der Waals surface area contributed by atoms with Gasteiger partial charge >= 0.3 is 0 Å². The molecular formula is C14H19ClN2O2S. The molecule has 2 rings (SSSR count). The third-order valence-electron chi connectivity index (χ3n) is 3.25. The molecule has 1 aliphatic heterocycles. The fraction of sp³-hybridized carbons (Fsp3) is 0.500. The van der Waals surface area contributed by atoms with Crippen LogP contribution in [0.1, 0.15) is 19.4 Å². The molecule has 1 heterocycles. The highest BCUT2D eigenvalue weighted by Gasteiger charge is 2.34. The lowest BCUT2D eigenvalue weighted by Crippen LogP contribution is -2.54. The van der Waals surface area contributed by atoms with E-state index >= 15 is 0 Å². The zero-order valence-corrected chi connectivity index (χ0v) is 13.2. The maximum absolute atomic E-state index is 9.39. The van der Waals surface area contributed by atoms with Crippen LogP contribution in [0.5, 0.6) is 0 Å². The number of benzene rings is 1. The highest BCUT2D eigenvalue weighted by Crippen LogP contribution is 2.30. The van der Waals surface area contributed by atoms with E-state index in [1.165, 1.54) is 0 Å². The normalized spacial score (nSPS) is 21.8. The molecule has 1 saturated heterocycles. The highest BCUT2D eigenvalue weighted by atomic mass is 35.5. The molecule has 0 aliphatic carbocycles. The molecule has 6 heteroatoms. The molecule has 1 fully saturated rings. The predicted octanol–water partition coefficient (Wildman–Crippen LogP) is 1.95. The first-order valence-corrected chi connectivity index (χ1v) is 7.24. The van der Waals surface area contributed by atoms with E-state index in [4.69, 9.17) is 34.3 Å². The van der Waals surface area contributed by atoms with E-state index in [0.29, 0.717) is 23.1 Å². The van der Waals surface area contributed by atoms with E-state index in [1.54, 1.807) is 6.07 Å². The number of anilines is 1. The van der Waals surface area contributed by atoms with Crippen molar-refractivity contribution in [1.29, 1.82) is 0 Å². The zero-order chi connectivity index (χ0) is 14.9. The number of thiocarbonyl (C=S) groups is 1. The molecule has 0 amide bonds. The van der Waals surface area contributed by atoms with E-state index in [0.717, 1.165) is 11.3 Å². The van der Waals surface area contributed by atoms with Gasteiger partial charge in [0, 0.05) is 29.4 Å². The van der Waals surface area contributed by atoms with Gasteiger partial charge in [-0.3, -0.25) is 0 Å². The van der Waals surface area contributed by atoms with Crippen LogP contribution in [0.4, 0.5) is 5.69 Å². The topological polar surface area (TPSA) is 58.7 Å². The summed E-state index contributed by atoms with van der Waals surface area (Å²) in [4.78, 5) is 2.45. The van der Waals surface area contributed by atoms with Crippen LogP contribution < -0.4 is 10.6 Å². The molecule has 1 aromatic rings. The molecule has 0 bridgehead atoms. The minimum absolute atomic E-state index is 0.0179. The van der Waals surface area contributed by atoms with E-state index in [1.807, 2.05) is 26.0 Å². The largest absolute Gasteiger partial charge is 0.394 e. The minimum Gasteiger partial charge on any atom is -0.394 e. The molecule has 1 aromatic carbocycles. The van der Waals surface area contributed by atoms with Crippen LogP contribution in [-0.4, -0.2) is 41.5 Å². The van der Waals surface area contributed by atoms with Crippen molar-refractivity contribution >= 4 is 34.5 Å². The Labute approximate surface area is 129 Å². The Balaban J connectivity index is 2.37. The van der Waals surface area contributed by atoms with Gasteiger partial charge in [0.15, 0.2) is 0 Å². The number of morpholine rings is 1. The van der Waals surface area contributed by atoms with Gasteiger partial charge in [-0.25, -0.2) is 0 Å². The second-order valence-electron chi connectivity index (χ2n) is 5.59. The molecule has 0 spiro atoms. The molecular weight excluding hydrogens is 296 g/mol. The van der Waals surface area contributed by atoms with Gasteiger partial charge in [0.1, 0.15) is 4.99 Å². The van der Waals surface area contributed by atoms with Crippen molar-refractivity contribution in [3.05, 3.63) is 28.8 Å². The van der Waals surface area contributed by atoms with Crippen LogP contribution >= 0.6 is 23.8 Å². The minimum atomic E-state index is -0.348. The summed E-state index contributed by atoms with van der Waals surface area (Å²) in [7, 11) is 0. The van der Waals surface area contributed by atoms with E-state index in [-0.39, 0.29) is 18.3 Å². The predicted molar refractivity (Wildman–Crippen MR) is 85.6 cm³/mol. The van der Waals surface area contributed by atoms with E-state index in [9.17, 15) is 5.11 Å². The summed E-state index contributed by atoms with van der Waals surface area (Å²) in [6, 6.07) is 5.50. The molecule has 0 aromatic heterocycles. The maximum atomic E-state index is 9.39. The summed E-state index contributed by atoms with van der Waals surface area (Å²) in [5.41, 5.74) is 7.12. The number of ether oxygens (including phenoxy) is 1. The van der Waals surface area contributed by atoms with Crippen molar-refractivity contribution < 1.29 is 9.84 Å². The first-order valence-electron chi connectivity index (χ1n) is 6.45. The smallest absolute Gasteiger partial charge is 0.106 e. The number of halogens is 1. The Morgan fingerprint density at radius 3 is 2.90 bits per heavy atom. The van der Waals surface area contributed by atoms with Crippen molar-refractivity contribution in [2.24, 2.45) is 5.73 Å². The number of hydrogen-bond acceptors (Lipinski definition) is 4. The van der Waals surface area contributed by atoms with Gasteiger partial charge in [0.05, 0.1) is 18.3 Å². The fourth-order valence-corrected chi connectivity index (χ4v) is 2.89. The standard InChI is InChI=1S/C14H19ClN2O2S/c1-14(2)8-17(6-10(7-18)19-14)12-4-3-9(15)5-11(12)13(16)20/h3-5,10,18H,6-8H2,1-2H3,(H2,16,20). The first kappa shape index (κ1) is 15.5. The summed E-state index contributed by atoms with van der Waals surface area (Å²) in [5.74, 6) is 0. The average Bonchev–Trinajstić information content (AvgIpc) is 2.36. The Morgan fingerprint density at radius 1 is 1.60 bits per heavy atom. The lowest BCUT2D eigenvalue weighted by molar-refractivity contribution is -0.101. The molecule has 1 aliphatic rings. The van der Waals surface area contributed by atoms with Gasteiger partial charge in [0.25, 0.3) is 0 Å². The Morgan fingerprint density at radius 2 is 2.30 bits per heavy atom. The zero-order valence-electron chi connectivity index (χ0n) is 11.6. The lowest BCUT2D eigenvalue weighted by atomic mass is 10.0. The number of aliphatic hydroxyl groups is 1. The third kappa shape index (κ3) is 3.41. The summed E-state index contributed by atoms with van der Waals surface area (Å²) < 4.78 is 5.82. The quantitative estimate of drug-likeness (QED) is 0.835. The molecule has 3 N–H and O–H groups in total. The fourth-order valence-electron chi connectivity index (χ4n) is 2.56. The van der Waals surface area contributed by atoms with Crippen molar-refractivity contribution in [3.63, 3.8) is 0 Å². The van der Waals surface area contributed by atoms with Gasteiger partial charge in [-0.1, -0.05) is 23.8 Å². The third-order valence-corrected chi connectivity index (χ3v) is 3.70. The van der Waals surface area contributed by atoms with Crippen LogP contribution in [0.3, 0.4) is 0 Å². The monoisotopic (exact) mass is 314 g/mol. The Bertz CT molecular complexity index is 522. The number of hydrogen-bond donors (Lipinski definition) is 2. The SMILES string of the molecule is CC1(C)CN(c2ccc(Cl)cc2C(N)=S)CC(CO)O1.